The molecule has 0 aliphatic rings. The van der Waals surface area contributed by atoms with Gasteiger partial charge in [0.1, 0.15) is 12.0 Å². The van der Waals surface area contributed by atoms with Crippen molar-refractivity contribution in [2.45, 2.75) is 13.8 Å². The first-order valence-corrected chi connectivity index (χ1v) is 4.95. The molecule has 0 spiro atoms. The summed E-state index contributed by atoms with van der Waals surface area (Å²) in [5, 5.41) is 8.73. The molecule has 16 heavy (non-hydrogen) atoms. The number of nitrogens with zero attached hydrogens (tertiary/aromatic N) is 1. The van der Waals surface area contributed by atoms with Crippen molar-refractivity contribution in [3.05, 3.63) is 23.7 Å². The number of furan rings is 1. The average molecular weight is 225 g/mol. The molecule has 0 saturated carbocycles. The molecule has 0 aliphatic carbocycles. The highest BCUT2D eigenvalue weighted by atomic mass is 16.4. The normalized spacial score (nSPS) is 12.2. The summed E-state index contributed by atoms with van der Waals surface area (Å²) < 4.78 is 5.02. The molecule has 1 aromatic rings. The number of aryl methyl sites for hydroxylation is 1. The molecule has 1 atom stereocenters. The SMILES string of the molecule is Cc1cc(C(=O)N(C)CC(C)C(=O)O)co1. The summed E-state index contributed by atoms with van der Waals surface area (Å²) in [4.78, 5) is 23.8. The van der Waals surface area contributed by atoms with Crippen molar-refractivity contribution in [3.63, 3.8) is 0 Å². The molecule has 0 aromatic carbocycles. The summed E-state index contributed by atoms with van der Waals surface area (Å²) in [6.45, 7) is 3.49. The van der Waals surface area contributed by atoms with E-state index in [2.05, 4.69) is 0 Å². The Labute approximate surface area is 93.7 Å². The fraction of sp³-hybridized carbons (Fsp3) is 0.455. The monoisotopic (exact) mass is 225 g/mol. The van der Waals surface area contributed by atoms with Gasteiger partial charge in [0.05, 0.1) is 11.5 Å². The maximum Gasteiger partial charge on any atom is 0.308 e. The second kappa shape index (κ2) is 4.83. The zero-order valence-electron chi connectivity index (χ0n) is 9.56. The Hall–Kier alpha value is -1.78. The van der Waals surface area contributed by atoms with Crippen LogP contribution in [-0.4, -0.2) is 35.5 Å². The van der Waals surface area contributed by atoms with Gasteiger partial charge >= 0.3 is 5.97 Å². The van der Waals surface area contributed by atoms with E-state index < -0.39 is 11.9 Å². The smallest absolute Gasteiger partial charge is 0.308 e. The zero-order valence-corrected chi connectivity index (χ0v) is 9.56. The van der Waals surface area contributed by atoms with Crippen molar-refractivity contribution in [2.24, 2.45) is 5.92 Å². The minimum Gasteiger partial charge on any atom is -0.481 e. The Bertz CT molecular complexity index is 396. The third kappa shape index (κ3) is 2.85. The third-order valence-corrected chi connectivity index (χ3v) is 2.29. The minimum atomic E-state index is -0.914. The van der Waals surface area contributed by atoms with Crippen LogP contribution in [0.2, 0.25) is 0 Å². The highest BCUT2D eigenvalue weighted by molar-refractivity contribution is 5.94. The predicted molar refractivity (Wildman–Crippen MR) is 57.2 cm³/mol. The largest absolute Gasteiger partial charge is 0.481 e. The van der Waals surface area contributed by atoms with Crippen LogP contribution >= 0.6 is 0 Å². The van der Waals surface area contributed by atoms with Gasteiger partial charge in [-0.25, -0.2) is 0 Å². The Morgan fingerprint density at radius 2 is 2.19 bits per heavy atom. The number of carbonyl (C=O) groups excluding carboxylic acids is 1. The number of carbonyl (C=O) groups is 2. The predicted octanol–water partition coefficient (Wildman–Crippen LogP) is 1.38. The number of rotatable bonds is 4. The lowest BCUT2D eigenvalue weighted by Crippen LogP contribution is -2.33. The summed E-state index contributed by atoms with van der Waals surface area (Å²) in [6, 6.07) is 1.63. The van der Waals surface area contributed by atoms with Crippen molar-refractivity contribution in [1.82, 2.24) is 4.90 Å². The number of carboxylic acids is 1. The fourth-order valence-electron chi connectivity index (χ4n) is 1.35. The summed E-state index contributed by atoms with van der Waals surface area (Å²) in [6.07, 6.45) is 1.37. The molecule has 5 nitrogen and oxygen atoms in total. The topological polar surface area (TPSA) is 70.8 Å². The molecule has 0 radical (unpaired) electrons. The number of amides is 1. The first-order chi connectivity index (χ1) is 7.41. The minimum absolute atomic E-state index is 0.179. The second-order valence-corrected chi connectivity index (χ2v) is 3.87. The van der Waals surface area contributed by atoms with Crippen molar-refractivity contribution in [3.8, 4) is 0 Å². The van der Waals surface area contributed by atoms with Crippen LogP contribution in [0.1, 0.15) is 23.0 Å². The van der Waals surface area contributed by atoms with E-state index in [1.165, 1.54) is 11.2 Å². The maximum absolute atomic E-state index is 11.8. The van der Waals surface area contributed by atoms with Crippen molar-refractivity contribution >= 4 is 11.9 Å². The van der Waals surface area contributed by atoms with Crippen molar-refractivity contribution in [2.75, 3.05) is 13.6 Å². The van der Waals surface area contributed by atoms with Crippen molar-refractivity contribution < 1.29 is 19.1 Å². The Morgan fingerprint density at radius 3 is 2.62 bits per heavy atom. The van der Waals surface area contributed by atoms with E-state index in [4.69, 9.17) is 9.52 Å². The van der Waals surface area contributed by atoms with E-state index in [-0.39, 0.29) is 12.5 Å². The first kappa shape index (κ1) is 12.3. The van der Waals surface area contributed by atoms with E-state index in [0.29, 0.717) is 11.3 Å². The molecule has 1 heterocycles. The quantitative estimate of drug-likeness (QED) is 0.840. The molecular weight excluding hydrogens is 210 g/mol. The van der Waals surface area contributed by atoms with Crippen LogP contribution < -0.4 is 0 Å². The summed E-state index contributed by atoms with van der Waals surface area (Å²) >= 11 is 0. The van der Waals surface area contributed by atoms with Crippen LogP contribution in [0.25, 0.3) is 0 Å². The van der Waals surface area contributed by atoms with Gasteiger partial charge in [0.25, 0.3) is 5.91 Å². The molecule has 0 fully saturated rings. The molecular formula is C11H15NO4. The maximum atomic E-state index is 11.8. The van der Waals surface area contributed by atoms with E-state index in [1.807, 2.05) is 0 Å². The van der Waals surface area contributed by atoms with Crippen LogP contribution in [-0.2, 0) is 4.79 Å². The molecule has 1 unspecified atom stereocenters. The van der Waals surface area contributed by atoms with Crippen LogP contribution in [0.4, 0.5) is 0 Å². The van der Waals surface area contributed by atoms with E-state index in [1.54, 1.807) is 27.0 Å². The zero-order chi connectivity index (χ0) is 12.3. The lowest BCUT2D eigenvalue weighted by Gasteiger charge is -2.18. The van der Waals surface area contributed by atoms with Crippen LogP contribution in [0.3, 0.4) is 0 Å². The summed E-state index contributed by atoms with van der Waals surface area (Å²) in [7, 11) is 1.57. The fourth-order valence-corrected chi connectivity index (χ4v) is 1.35. The highest BCUT2D eigenvalue weighted by Crippen LogP contribution is 2.10. The molecule has 1 rings (SSSR count). The Balaban J connectivity index is 2.64. The molecule has 0 saturated heterocycles. The number of hydrogen-bond acceptors (Lipinski definition) is 3. The van der Waals surface area contributed by atoms with Crippen LogP contribution in [0.15, 0.2) is 16.7 Å². The van der Waals surface area contributed by atoms with Crippen LogP contribution in [0.5, 0.6) is 0 Å². The third-order valence-electron chi connectivity index (χ3n) is 2.29. The van der Waals surface area contributed by atoms with Gasteiger partial charge < -0.3 is 14.4 Å². The molecule has 0 bridgehead atoms. The van der Waals surface area contributed by atoms with Gasteiger partial charge in [0, 0.05) is 13.6 Å². The molecule has 0 aliphatic heterocycles. The molecule has 1 amide bonds. The molecule has 1 N–H and O–H groups in total. The number of hydrogen-bond donors (Lipinski definition) is 1. The molecule has 88 valence electrons. The number of aliphatic carboxylic acids is 1. The number of carboxylic acid groups (broad SMARTS) is 1. The van der Waals surface area contributed by atoms with Gasteiger partial charge in [-0.15, -0.1) is 0 Å². The van der Waals surface area contributed by atoms with E-state index >= 15 is 0 Å². The van der Waals surface area contributed by atoms with Gasteiger partial charge in [0.15, 0.2) is 0 Å². The first-order valence-electron chi connectivity index (χ1n) is 4.95. The lowest BCUT2D eigenvalue weighted by atomic mass is 10.1. The van der Waals surface area contributed by atoms with Gasteiger partial charge in [-0.3, -0.25) is 9.59 Å². The Morgan fingerprint density at radius 1 is 1.56 bits per heavy atom. The highest BCUT2D eigenvalue weighted by Gasteiger charge is 2.19. The van der Waals surface area contributed by atoms with Crippen molar-refractivity contribution in [1.29, 1.82) is 0 Å². The van der Waals surface area contributed by atoms with Gasteiger partial charge in [-0.05, 0) is 13.0 Å². The average Bonchev–Trinajstić information content (AvgIpc) is 2.63. The summed E-state index contributed by atoms with van der Waals surface area (Å²) in [5.41, 5.74) is 0.442. The standard InChI is InChI=1S/C11H15NO4/c1-7(11(14)15)5-12(3)10(13)9-4-8(2)16-6-9/h4,6-7H,5H2,1-3H3,(H,14,15). The second-order valence-electron chi connectivity index (χ2n) is 3.87. The summed E-state index contributed by atoms with van der Waals surface area (Å²) in [5.74, 6) is -1.07. The van der Waals surface area contributed by atoms with Crippen LogP contribution in [0, 0.1) is 12.8 Å². The molecule has 1 aromatic heterocycles. The lowest BCUT2D eigenvalue weighted by molar-refractivity contribution is -0.141. The van der Waals surface area contributed by atoms with Gasteiger partial charge in [-0.2, -0.15) is 0 Å². The molecule has 5 heteroatoms. The van der Waals surface area contributed by atoms with Gasteiger partial charge in [-0.1, -0.05) is 6.92 Å². The van der Waals surface area contributed by atoms with Gasteiger partial charge in [0.2, 0.25) is 0 Å². The Kier molecular flexibility index (Phi) is 3.71. The van der Waals surface area contributed by atoms with E-state index in [9.17, 15) is 9.59 Å². The van der Waals surface area contributed by atoms with E-state index in [0.717, 1.165) is 0 Å².